The predicted molar refractivity (Wildman–Crippen MR) is 275 cm³/mol. The lowest BCUT2D eigenvalue weighted by Gasteiger charge is -2.60. The van der Waals surface area contributed by atoms with Crippen molar-refractivity contribution in [1.82, 2.24) is 9.80 Å². The standard InChI is InChI=1S/C59H69N3O9/c1-2-33-69-59-55(62(40-47-23-15-22-45-20-9-10-24-49(45)47)58(65)68-36-35-66-41-43-16-5-3-6-17-43)39-53(60-70-42-44-18-7-4-8-19-44)51-37-46(21-11-13-31-63)50(25-12-14-32-64)56(57(51)59)52-38-48(26-27-54(52)71-59)67-34-30-61-28-29-61/h2-10,15-20,22-24,26-27,37-38,46,50,55-57,63-64H,1,11-14,21,25,28-36,39-42H2/t46-,50+,55-,56+,57+,59+/m0/s1. The fraction of sp³-hybridized carbons (Fsp3) is 0.424. The number of unbranched alkanes of at least 4 members (excludes halogenated alkanes) is 2. The summed E-state index contributed by atoms with van der Waals surface area (Å²) in [4.78, 5) is 25.8. The molecule has 1 saturated heterocycles. The third-order valence-corrected chi connectivity index (χ3v) is 14.5. The minimum atomic E-state index is -1.48. The first kappa shape index (κ1) is 49.9. The van der Waals surface area contributed by atoms with E-state index >= 15 is 4.79 Å². The molecular formula is C59H69N3O9. The number of nitrogens with zero attached hydrogens (tertiary/aromatic N) is 3. The molecule has 12 heteroatoms. The third-order valence-electron chi connectivity index (χ3n) is 14.5. The zero-order valence-electron chi connectivity index (χ0n) is 40.8. The maximum atomic E-state index is 15.3. The fourth-order valence-electron chi connectivity index (χ4n) is 11.0. The van der Waals surface area contributed by atoms with E-state index in [4.69, 9.17) is 33.7 Å². The van der Waals surface area contributed by atoms with Crippen LogP contribution < -0.4 is 9.47 Å². The van der Waals surface area contributed by atoms with Gasteiger partial charge in [-0.25, -0.2) is 4.79 Å². The van der Waals surface area contributed by atoms with E-state index in [2.05, 4.69) is 47.9 Å². The van der Waals surface area contributed by atoms with Crippen molar-refractivity contribution in [2.24, 2.45) is 22.9 Å². The molecule has 2 fully saturated rings. The van der Waals surface area contributed by atoms with Crippen LogP contribution in [0.4, 0.5) is 4.79 Å². The highest BCUT2D eigenvalue weighted by molar-refractivity contribution is 6.03. The highest BCUT2D eigenvalue weighted by Gasteiger charge is 2.65. The molecule has 6 atom stereocenters. The highest BCUT2D eigenvalue weighted by Crippen LogP contribution is 2.62. The number of fused-ring (bicyclic) bond motifs is 3. The molecule has 9 rings (SSSR count). The summed E-state index contributed by atoms with van der Waals surface area (Å²) in [6.07, 6.45) is 8.43. The van der Waals surface area contributed by atoms with Gasteiger partial charge in [-0.2, -0.15) is 0 Å². The summed E-state index contributed by atoms with van der Waals surface area (Å²) in [7, 11) is 0. The smallest absolute Gasteiger partial charge is 0.410 e. The summed E-state index contributed by atoms with van der Waals surface area (Å²) in [6, 6.07) is 39.6. The van der Waals surface area contributed by atoms with E-state index in [0.29, 0.717) is 37.5 Å². The van der Waals surface area contributed by atoms with Crippen molar-refractivity contribution in [1.29, 1.82) is 0 Å². The van der Waals surface area contributed by atoms with Gasteiger partial charge in [-0.05, 0) is 88.8 Å². The Balaban J connectivity index is 1.19. The lowest BCUT2D eigenvalue weighted by atomic mass is 9.55. The van der Waals surface area contributed by atoms with Gasteiger partial charge in [0.15, 0.2) is 0 Å². The third kappa shape index (κ3) is 12.0. The quantitative estimate of drug-likeness (QED) is 0.0239. The monoisotopic (exact) mass is 964 g/mol. The summed E-state index contributed by atoms with van der Waals surface area (Å²) in [5, 5.41) is 27.3. The second-order valence-corrected chi connectivity index (χ2v) is 19.1. The number of ether oxygens (including phenoxy) is 5. The van der Waals surface area contributed by atoms with Crippen LogP contribution in [0.1, 0.15) is 73.1 Å². The molecule has 1 amide bonds. The molecule has 12 nitrogen and oxygen atoms in total. The molecule has 0 unspecified atom stereocenters. The fourth-order valence-corrected chi connectivity index (χ4v) is 11.0. The molecule has 0 bridgehead atoms. The lowest BCUT2D eigenvalue weighted by molar-refractivity contribution is -0.256. The van der Waals surface area contributed by atoms with Crippen molar-refractivity contribution in [2.45, 2.75) is 82.5 Å². The Morgan fingerprint density at radius 3 is 2.32 bits per heavy atom. The van der Waals surface area contributed by atoms with Crippen LogP contribution in [0.3, 0.4) is 0 Å². The van der Waals surface area contributed by atoms with Gasteiger partial charge in [0.05, 0.1) is 38.0 Å². The Bertz CT molecular complexity index is 2580. The second kappa shape index (κ2) is 24.4. The molecule has 1 saturated carbocycles. The Labute approximate surface area is 418 Å². The first-order chi connectivity index (χ1) is 35.0. The van der Waals surface area contributed by atoms with E-state index in [-0.39, 0.29) is 70.4 Å². The van der Waals surface area contributed by atoms with Gasteiger partial charge in [0, 0.05) is 50.8 Å². The Kier molecular flexibility index (Phi) is 17.2. The van der Waals surface area contributed by atoms with Gasteiger partial charge in [0.25, 0.3) is 0 Å². The maximum absolute atomic E-state index is 15.3. The number of benzene rings is 5. The number of aliphatic hydroxyl groups excluding tert-OH is 2. The van der Waals surface area contributed by atoms with Crippen LogP contribution in [0.5, 0.6) is 11.5 Å². The maximum Gasteiger partial charge on any atom is 0.410 e. The molecule has 374 valence electrons. The van der Waals surface area contributed by atoms with Gasteiger partial charge < -0.3 is 38.7 Å². The molecule has 0 spiro atoms. The molecule has 0 radical (unpaired) electrons. The summed E-state index contributed by atoms with van der Waals surface area (Å²) in [6.45, 7) is 9.10. The van der Waals surface area contributed by atoms with Crippen molar-refractivity contribution in [3.63, 3.8) is 0 Å². The Hall–Kier alpha value is -6.02. The first-order valence-corrected chi connectivity index (χ1v) is 25.6. The molecule has 2 N–H and O–H groups in total. The molecule has 5 aromatic carbocycles. The minimum absolute atomic E-state index is 0.0238. The van der Waals surface area contributed by atoms with Crippen molar-refractivity contribution >= 4 is 22.6 Å². The summed E-state index contributed by atoms with van der Waals surface area (Å²) in [5.41, 5.74) is 5.62. The van der Waals surface area contributed by atoms with E-state index in [1.807, 2.05) is 91.0 Å². The second-order valence-electron chi connectivity index (χ2n) is 19.1. The molecule has 2 aliphatic carbocycles. The van der Waals surface area contributed by atoms with Crippen molar-refractivity contribution < 1.29 is 43.5 Å². The SMILES string of the molecule is C=CCO[C@@]12Oc3ccc(OCCN4CC4)cc3[C@H]3[C@H](CCCCO)[C@@H](CCCCO)C=C(C(=NOCc4ccccc4)C[C@@H]1N(Cc1cccc4ccccc14)C(=O)OCCOCc1ccccc1)[C@H]32. The molecule has 4 aliphatic rings. The first-order valence-electron chi connectivity index (χ1n) is 25.6. The number of hydrogen-bond donors (Lipinski definition) is 2. The minimum Gasteiger partial charge on any atom is -0.492 e. The zero-order chi connectivity index (χ0) is 48.8. The van der Waals surface area contributed by atoms with E-state index < -0.39 is 23.8 Å². The summed E-state index contributed by atoms with van der Waals surface area (Å²) < 4.78 is 33.6. The number of oxime groups is 1. The van der Waals surface area contributed by atoms with Crippen molar-refractivity contribution in [3.8, 4) is 11.5 Å². The van der Waals surface area contributed by atoms with E-state index in [9.17, 15) is 10.2 Å². The highest BCUT2D eigenvalue weighted by atomic mass is 16.7. The van der Waals surface area contributed by atoms with Crippen LogP contribution in [-0.2, 0) is 38.8 Å². The zero-order valence-corrected chi connectivity index (χ0v) is 40.8. The number of hydrogen-bond acceptors (Lipinski definition) is 11. The largest absolute Gasteiger partial charge is 0.492 e. The van der Waals surface area contributed by atoms with Gasteiger partial charge in [0.1, 0.15) is 37.4 Å². The van der Waals surface area contributed by atoms with Crippen LogP contribution in [0.25, 0.3) is 10.8 Å². The van der Waals surface area contributed by atoms with Crippen LogP contribution >= 0.6 is 0 Å². The van der Waals surface area contributed by atoms with Gasteiger partial charge in [-0.1, -0.05) is 133 Å². The number of rotatable bonds is 26. The Morgan fingerprint density at radius 1 is 0.831 bits per heavy atom. The summed E-state index contributed by atoms with van der Waals surface area (Å²) >= 11 is 0. The number of amides is 1. The van der Waals surface area contributed by atoms with Crippen LogP contribution in [-0.4, -0.2) is 103 Å². The molecule has 0 aromatic heterocycles. The molecule has 71 heavy (non-hydrogen) atoms. The molecule has 5 aromatic rings. The number of allylic oxidation sites excluding steroid dienone is 1. The number of carbonyl (C=O) groups excluding carboxylic acids is 1. The van der Waals surface area contributed by atoms with Crippen LogP contribution in [0, 0.1) is 17.8 Å². The van der Waals surface area contributed by atoms with Crippen LogP contribution in [0.2, 0.25) is 0 Å². The average Bonchev–Trinajstić information content (AvgIpc) is 4.24. The van der Waals surface area contributed by atoms with Crippen molar-refractivity contribution in [2.75, 3.05) is 59.3 Å². The molecular weight excluding hydrogens is 895 g/mol. The van der Waals surface area contributed by atoms with E-state index in [0.717, 1.165) is 89.7 Å². The van der Waals surface area contributed by atoms with Gasteiger partial charge >= 0.3 is 6.09 Å². The molecule has 2 heterocycles. The topological polar surface area (TPSA) is 132 Å². The van der Waals surface area contributed by atoms with Crippen LogP contribution in [0.15, 0.2) is 151 Å². The molecule has 2 aliphatic heterocycles. The van der Waals surface area contributed by atoms with E-state index in [1.54, 1.807) is 11.0 Å². The van der Waals surface area contributed by atoms with Crippen molar-refractivity contribution in [3.05, 3.63) is 168 Å². The van der Waals surface area contributed by atoms with Gasteiger partial charge in [-0.3, -0.25) is 9.80 Å². The van der Waals surface area contributed by atoms with E-state index in [1.165, 1.54) is 0 Å². The van der Waals surface area contributed by atoms with Gasteiger partial charge in [0.2, 0.25) is 5.79 Å². The normalized spacial score (nSPS) is 22.7. The van der Waals surface area contributed by atoms with Gasteiger partial charge in [-0.15, -0.1) is 6.58 Å². The predicted octanol–water partition coefficient (Wildman–Crippen LogP) is 10.2. The average molecular weight is 964 g/mol. The number of aliphatic hydroxyl groups is 2. The number of carbonyl (C=O) groups is 1. The lowest BCUT2D eigenvalue weighted by Crippen LogP contribution is -2.70. The Morgan fingerprint density at radius 2 is 1.56 bits per heavy atom. The summed E-state index contributed by atoms with van der Waals surface area (Å²) in [5.74, 6) is -0.617.